The molecule has 2 rings (SSSR count). The Bertz CT molecular complexity index is 770. The number of carboxylic acid groups (broad SMARTS) is 1. The monoisotopic (exact) mass is 329 g/mol. The molecule has 0 amide bonds. The third kappa shape index (κ3) is 3.06. The van der Waals surface area contributed by atoms with Crippen LogP contribution in [0, 0.1) is 5.82 Å². The second kappa shape index (κ2) is 5.82. The molecule has 1 N–H and O–H groups in total. The van der Waals surface area contributed by atoms with Gasteiger partial charge in [0.1, 0.15) is 10.0 Å². The van der Waals surface area contributed by atoms with E-state index in [4.69, 9.17) is 5.11 Å². The van der Waals surface area contributed by atoms with Gasteiger partial charge in [0.25, 0.3) is 10.0 Å². The SMILES string of the molecule is CCN(c1cccc(F)c1)S(=O)(=O)c1cc(C(=O)O)cs1. The van der Waals surface area contributed by atoms with Gasteiger partial charge in [-0.3, -0.25) is 4.31 Å². The summed E-state index contributed by atoms with van der Waals surface area (Å²) >= 11 is 0.823. The van der Waals surface area contributed by atoms with Crippen molar-refractivity contribution in [1.29, 1.82) is 0 Å². The first-order chi connectivity index (χ1) is 9.86. The molecule has 0 saturated heterocycles. The second-order valence-corrected chi connectivity index (χ2v) is 7.11. The van der Waals surface area contributed by atoms with Gasteiger partial charge in [-0.15, -0.1) is 11.3 Å². The Labute approximate surface area is 125 Å². The third-order valence-electron chi connectivity index (χ3n) is 2.75. The molecule has 112 valence electrons. The highest BCUT2D eigenvalue weighted by Crippen LogP contribution is 2.28. The number of aromatic carboxylic acids is 1. The number of hydrogen-bond acceptors (Lipinski definition) is 4. The first kappa shape index (κ1) is 15.5. The molecular weight excluding hydrogens is 317 g/mol. The lowest BCUT2D eigenvalue weighted by molar-refractivity contribution is 0.0697. The molecule has 0 bridgehead atoms. The molecule has 0 aliphatic carbocycles. The van der Waals surface area contributed by atoms with Crippen LogP contribution < -0.4 is 4.31 Å². The largest absolute Gasteiger partial charge is 0.478 e. The van der Waals surface area contributed by atoms with Gasteiger partial charge in [-0.2, -0.15) is 0 Å². The zero-order valence-electron chi connectivity index (χ0n) is 11.0. The van der Waals surface area contributed by atoms with Crippen LogP contribution in [0.2, 0.25) is 0 Å². The van der Waals surface area contributed by atoms with Crippen LogP contribution in [0.5, 0.6) is 0 Å². The standard InChI is InChI=1S/C13H12FNO4S2/c1-2-15(11-5-3-4-10(14)7-11)21(18,19)12-6-9(8-20-12)13(16)17/h3-8H,2H2,1H3,(H,16,17). The molecular formula is C13H12FNO4S2. The van der Waals surface area contributed by atoms with E-state index in [1.807, 2.05) is 0 Å². The molecule has 2 aromatic rings. The van der Waals surface area contributed by atoms with Crippen LogP contribution in [-0.4, -0.2) is 26.0 Å². The van der Waals surface area contributed by atoms with Crippen molar-refractivity contribution in [3.05, 3.63) is 47.1 Å². The summed E-state index contributed by atoms with van der Waals surface area (Å²) in [4.78, 5) is 10.8. The van der Waals surface area contributed by atoms with E-state index in [9.17, 15) is 17.6 Å². The number of anilines is 1. The Morgan fingerprint density at radius 1 is 1.38 bits per heavy atom. The molecule has 0 aliphatic heterocycles. The van der Waals surface area contributed by atoms with Gasteiger partial charge in [0, 0.05) is 11.9 Å². The topological polar surface area (TPSA) is 74.7 Å². The zero-order valence-corrected chi connectivity index (χ0v) is 12.6. The number of halogens is 1. The molecule has 0 saturated carbocycles. The lowest BCUT2D eigenvalue weighted by Gasteiger charge is -2.21. The first-order valence-corrected chi connectivity index (χ1v) is 8.28. The van der Waals surface area contributed by atoms with Crippen LogP contribution in [-0.2, 0) is 10.0 Å². The van der Waals surface area contributed by atoms with E-state index in [0.29, 0.717) is 0 Å². The maximum Gasteiger partial charge on any atom is 0.336 e. The number of nitrogens with zero attached hydrogens (tertiary/aromatic N) is 1. The van der Waals surface area contributed by atoms with Crippen molar-refractivity contribution in [3.63, 3.8) is 0 Å². The number of rotatable bonds is 5. The van der Waals surface area contributed by atoms with Crippen molar-refractivity contribution in [1.82, 2.24) is 0 Å². The summed E-state index contributed by atoms with van der Waals surface area (Å²) in [6.07, 6.45) is 0. The maximum atomic E-state index is 13.3. The van der Waals surface area contributed by atoms with E-state index in [1.165, 1.54) is 23.6 Å². The number of carboxylic acids is 1. The van der Waals surface area contributed by atoms with E-state index < -0.39 is 21.8 Å². The van der Waals surface area contributed by atoms with Gasteiger partial charge in [-0.05, 0) is 31.2 Å². The Balaban J connectivity index is 2.46. The third-order valence-corrected chi connectivity index (χ3v) is 6.07. The predicted molar refractivity (Wildman–Crippen MR) is 77.9 cm³/mol. The van der Waals surface area contributed by atoms with Crippen molar-refractivity contribution in [3.8, 4) is 0 Å². The predicted octanol–water partition coefficient (Wildman–Crippen LogP) is 2.80. The Hall–Kier alpha value is -1.93. The summed E-state index contributed by atoms with van der Waals surface area (Å²) in [5.74, 6) is -1.74. The van der Waals surface area contributed by atoms with Crippen molar-refractivity contribution in [2.24, 2.45) is 0 Å². The number of benzene rings is 1. The highest BCUT2D eigenvalue weighted by molar-refractivity contribution is 7.94. The average molecular weight is 329 g/mol. The molecule has 0 aliphatic rings. The molecule has 0 radical (unpaired) electrons. The van der Waals surface area contributed by atoms with Gasteiger partial charge in [0.05, 0.1) is 11.3 Å². The fourth-order valence-electron chi connectivity index (χ4n) is 1.80. The van der Waals surface area contributed by atoms with E-state index >= 15 is 0 Å². The number of hydrogen-bond donors (Lipinski definition) is 1. The van der Waals surface area contributed by atoms with Crippen molar-refractivity contribution >= 4 is 33.0 Å². The van der Waals surface area contributed by atoms with Crippen LogP contribution in [0.15, 0.2) is 39.9 Å². The molecule has 0 atom stereocenters. The van der Waals surface area contributed by atoms with Gasteiger partial charge in [0.2, 0.25) is 0 Å². The van der Waals surface area contributed by atoms with Crippen LogP contribution in [0.4, 0.5) is 10.1 Å². The van der Waals surface area contributed by atoms with Crippen LogP contribution in [0.3, 0.4) is 0 Å². The van der Waals surface area contributed by atoms with Crippen molar-refractivity contribution < 1.29 is 22.7 Å². The smallest absolute Gasteiger partial charge is 0.336 e. The molecule has 5 nitrogen and oxygen atoms in total. The van der Waals surface area contributed by atoms with Gasteiger partial charge < -0.3 is 5.11 Å². The van der Waals surface area contributed by atoms with Crippen molar-refractivity contribution in [2.45, 2.75) is 11.1 Å². The summed E-state index contributed by atoms with van der Waals surface area (Å²) in [5.41, 5.74) is 0.108. The van der Waals surface area contributed by atoms with Crippen LogP contribution in [0.1, 0.15) is 17.3 Å². The Morgan fingerprint density at radius 3 is 2.62 bits per heavy atom. The molecule has 0 fully saturated rings. The van der Waals surface area contributed by atoms with Gasteiger partial charge in [0.15, 0.2) is 0 Å². The Morgan fingerprint density at radius 2 is 2.10 bits per heavy atom. The van der Waals surface area contributed by atoms with Crippen LogP contribution in [0.25, 0.3) is 0 Å². The summed E-state index contributed by atoms with van der Waals surface area (Å²) in [7, 11) is -3.91. The van der Waals surface area contributed by atoms with Gasteiger partial charge >= 0.3 is 5.97 Å². The Kier molecular flexibility index (Phi) is 4.29. The summed E-state index contributed by atoms with van der Waals surface area (Å²) in [6, 6.07) is 6.34. The van der Waals surface area contributed by atoms with E-state index in [2.05, 4.69) is 0 Å². The lowest BCUT2D eigenvalue weighted by atomic mass is 10.3. The van der Waals surface area contributed by atoms with Gasteiger partial charge in [-0.1, -0.05) is 6.07 Å². The molecule has 0 spiro atoms. The zero-order chi connectivity index (χ0) is 15.6. The van der Waals surface area contributed by atoms with Crippen LogP contribution >= 0.6 is 11.3 Å². The first-order valence-electron chi connectivity index (χ1n) is 5.96. The molecule has 21 heavy (non-hydrogen) atoms. The number of carbonyl (C=O) groups is 1. The maximum absolute atomic E-state index is 13.3. The average Bonchev–Trinajstić information content (AvgIpc) is 2.89. The lowest BCUT2D eigenvalue weighted by Crippen LogP contribution is -2.30. The summed E-state index contributed by atoms with van der Waals surface area (Å²) in [5, 5.41) is 10.1. The molecule has 1 heterocycles. The molecule has 1 aromatic heterocycles. The van der Waals surface area contributed by atoms with E-state index in [0.717, 1.165) is 27.8 Å². The van der Waals surface area contributed by atoms with Gasteiger partial charge in [-0.25, -0.2) is 17.6 Å². The summed E-state index contributed by atoms with van der Waals surface area (Å²) in [6.45, 7) is 1.72. The molecule has 1 aromatic carbocycles. The highest BCUT2D eigenvalue weighted by Gasteiger charge is 2.26. The molecule has 8 heteroatoms. The fraction of sp³-hybridized carbons (Fsp3) is 0.154. The van der Waals surface area contributed by atoms with E-state index in [1.54, 1.807) is 6.92 Å². The van der Waals surface area contributed by atoms with Crippen molar-refractivity contribution in [2.75, 3.05) is 10.8 Å². The summed E-state index contributed by atoms with van der Waals surface area (Å²) < 4.78 is 39.3. The fourth-order valence-corrected chi connectivity index (χ4v) is 4.53. The molecule has 0 unspecified atom stereocenters. The minimum absolute atomic E-state index is 0.0890. The normalized spacial score (nSPS) is 11.3. The second-order valence-electron chi connectivity index (χ2n) is 4.11. The minimum atomic E-state index is -3.91. The minimum Gasteiger partial charge on any atom is -0.478 e. The van der Waals surface area contributed by atoms with E-state index in [-0.39, 0.29) is 22.0 Å². The highest BCUT2D eigenvalue weighted by atomic mass is 32.2. The number of sulfonamides is 1. The number of thiophene rings is 1. The quantitative estimate of drug-likeness (QED) is 0.915.